The van der Waals surface area contributed by atoms with Gasteiger partial charge in [0.2, 0.25) is 0 Å². The van der Waals surface area contributed by atoms with Crippen LogP contribution in [0, 0.1) is 10.5 Å². The fraction of sp³-hybridized carbons (Fsp3) is 0.143. The smallest absolute Gasteiger partial charge is 0.143 e. The van der Waals surface area contributed by atoms with E-state index < -0.39 is 0 Å². The van der Waals surface area contributed by atoms with Gasteiger partial charge in [0, 0.05) is 15.8 Å². The molecule has 5 heteroatoms. The number of phenolic OH excluding ortho intramolecular Hbond substituents is 1. The second kappa shape index (κ2) is 6.45. The van der Waals surface area contributed by atoms with Gasteiger partial charge in [-0.3, -0.25) is 0 Å². The normalized spacial score (nSPS) is 10.5. The molecule has 2 aromatic carbocycles. The highest BCUT2D eigenvalue weighted by Crippen LogP contribution is 2.33. The molecule has 0 atom stereocenters. The number of phenols is 1. The van der Waals surface area contributed by atoms with Gasteiger partial charge in [-0.25, -0.2) is 0 Å². The van der Waals surface area contributed by atoms with Gasteiger partial charge in [0.1, 0.15) is 5.75 Å². The standard InChI is InChI=1S/C14H12Br2INO/c1-8-2-3-10(6-13(8)17)18-7-9-4-11(15)14(19)12(16)5-9/h2-6,18-19H,7H2,1H3. The van der Waals surface area contributed by atoms with E-state index in [4.69, 9.17) is 0 Å². The molecule has 0 radical (unpaired) electrons. The number of benzene rings is 2. The van der Waals surface area contributed by atoms with E-state index in [-0.39, 0.29) is 5.75 Å². The molecule has 0 fully saturated rings. The summed E-state index contributed by atoms with van der Waals surface area (Å²) in [6, 6.07) is 10.1. The van der Waals surface area contributed by atoms with Crippen molar-refractivity contribution in [2.45, 2.75) is 13.5 Å². The highest BCUT2D eigenvalue weighted by atomic mass is 127. The summed E-state index contributed by atoms with van der Waals surface area (Å²) in [7, 11) is 0. The van der Waals surface area contributed by atoms with E-state index in [1.54, 1.807) is 0 Å². The number of halogens is 3. The Labute approximate surface area is 143 Å². The molecule has 2 rings (SSSR count). The van der Waals surface area contributed by atoms with Gasteiger partial charge in [-0.1, -0.05) is 6.07 Å². The Balaban J connectivity index is 2.12. The lowest BCUT2D eigenvalue weighted by atomic mass is 10.2. The predicted molar refractivity (Wildman–Crippen MR) is 94.7 cm³/mol. The van der Waals surface area contributed by atoms with Crippen LogP contribution in [0.25, 0.3) is 0 Å². The van der Waals surface area contributed by atoms with Gasteiger partial charge in [-0.2, -0.15) is 0 Å². The zero-order chi connectivity index (χ0) is 14.0. The van der Waals surface area contributed by atoms with Crippen molar-refractivity contribution in [3.8, 4) is 5.75 Å². The number of aromatic hydroxyl groups is 1. The topological polar surface area (TPSA) is 32.3 Å². The quantitative estimate of drug-likeness (QED) is 0.554. The Morgan fingerprint density at radius 3 is 2.37 bits per heavy atom. The minimum Gasteiger partial charge on any atom is -0.506 e. The molecule has 0 saturated carbocycles. The molecular formula is C14H12Br2INO. The van der Waals surface area contributed by atoms with E-state index in [0.717, 1.165) is 11.3 Å². The molecule has 0 aromatic heterocycles. The maximum Gasteiger partial charge on any atom is 0.143 e. The summed E-state index contributed by atoms with van der Waals surface area (Å²) >= 11 is 9.00. The van der Waals surface area contributed by atoms with Crippen LogP contribution in [0.4, 0.5) is 5.69 Å². The average Bonchev–Trinajstić information content (AvgIpc) is 2.37. The summed E-state index contributed by atoms with van der Waals surface area (Å²) < 4.78 is 2.63. The first-order valence-corrected chi connectivity index (χ1v) is 8.31. The van der Waals surface area contributed by atoms with Crippen molar-refractivity contribution in [2.75, 3.05) is 5.32 Å². The highest BCUT2D eigenvalue weighted by Gasteiger charge is 2.06. The van der Waals surface area contributed by atoms with Crippen LogP contribution in [0.1, 0.15) is 11.1 Å². The van der Waals surface area contributed by atoms with E-state index in [1.165, 1.54) is 9.13 Å². The maximum absolute atomic E-state index is 9.67. The van der Waals surface area contributed by atoms with E-state index in [1.807, 2.05) is 12.1 Å². The number of nitrogens with one attached hydrogen (secondary N) is 1. The van der Waals surface area contributed by atoms with Gasteiger partial charge in [-0.05, 0) is 96.8 Å². The van der Waals surface area contributed by atoms with Crippen LogP contribution in [0.3, 0.4) is 0 Å². The molecule has 0 spiro atoms. The molecule has 19 heavy (non-hydrogen) atoms. The molecule has 0 aliphatic rings. The molecule has 0 saturated heterocycles. The lowest BCUT2D eigenvalue weighted by Gasteiger charge is -2.10. The number of aryl methyl sites for hydroxylation is 1. The molecule has 0 unspecified atom stereocenters. The van der Waals surface area contributed by atoms with Crippen LogP contribution in [-0.4, -0.2) is 5.11 Å². The molecule has 2 aromatic rings. The summed E-state index contributed by atoms with van der Waals surface area (Å²) in [6.45, 7) is 2.80. The lowest BCUT2D eigenvalue weighted by molar-refractivity contribution is 0.468. The Bertz CT molecular complexity index is 593. The van der Waals surface area contributed by atoms with Gasteiger partial charge >= 0.3 is 0 Å². The molecule has 0 aliphatic heterocycles. The first kappa shape index (κ1) is 15.1. The van der Waals surface area contributed by atoms with E-state index in [2.05, 4.69) is 84.9 Å². The number of rotatable bonds is 3. The molecule has 100 valence electrons. The third kappa shape index (κ3) is 3.86. The van der Waals surface area contributed by atoms with Crippen LogP contribution in [0.15, 0.2) is 39.3 Å². The third-order valence-electron chi connectivity index (χ3n) is 2.75. The summed E-state index contributed by atoms with van der Waals surface area (Å²) in [5.41, 5.74) is 3.46. The molecule has 2 nitrogen and oxygen atoms in total. The summed E-state index contributed by atoms with van der Waals surface area (Å²) in [5, 5.41) is 13.0. The van der Waals surface area contributed by atoms with Crippen molar-refractivity contribution in [3.63, 3.8) is 0 Å². The van der Waals surface area contributed by atoms with Gasteiger partial charge in [0.25, 0.3) is 0 Å². The summed E-state index contributed by atoms with van der Waals surface area (Å²) in [6.07, 6.45) is 0. The second-order valence-corrected chi connectivity index (χ2v) is 7.10. The fourth-order valence-corrected chi connectivity index (χ4v) is 3.42. The van der Waals surface area contributed by atoms with Crippen molar-refractivity contribution in [1.29, 1.82) is 0 Å². The van der Waals surface area contributed by atoms with Gasteiger partial charge in [-0.15, -0.1) is 0 Å². The Morgan fingerprint density at radius 1 is 1.16 bits per heavy atom. The largest absolute Gasteiger partial charge is 0.506 e. The number of hydrogen-bond acceptors (Lipinski definition) is 2. The van der Waals surface area contributed by atoms with Gasteiger partial charge in [0.05, 0.1) is 8.95 Å². The Hall–Kier alpha value is -0.270. The van der Waals surface area contributed by atoms with Crippen molar-refractivity contribution >= 4 is 60.1 Å². The van der Waals surface area contributed by atoms with E-state index >= 15 is 0 Å². The first-order valence-electron chi connectivity index (χ1n) is 5.64. The molecule has 0 heterocycles. The number of hydrogen-bond donors (Lipinski definition) is 2. The van der Waals surface area contributed by atoms with E-state index in [9.17, 15) is 5.11 Å². The third-order valence-corrected chi connectivity index (χ3v) is 5.12. The number of anilines is 1. The molecular weight excluding hydrogens is 485 g/mol. The first-order chi connectivity index (χ1) is 8.97. The van der Waals surface area contributed by atoms with Crippen LogP contribution in [0.2, 0.25) is 0 Å². The van der Waals surface area contributed by atoms with Crippen molar-refractivity contribution in [1.82, 2.24) is 0 Å². The van der Waals surface area contributed by atoms with Crippen LogP contribution in [-0.2, 0) is 6.54 Å². The fourth-order valence-electron chi connectivity index (χ4n) is 1.63. The zero-order valence-corrected chi connectivity index (χ0v) is 15.5. The van der Waals surface area contributed by atoms with Crippen LogP contribution < -0.4 is 5.32 Å². The minimum atomic E-state index is 0.230. The van der Waals surface area contributed by atoms with Gasteiger partial charge in [0.15, 0.2) is 0 Å². The molecule has 0 bridgehead atoms. The lowest BCUT2D eigenvalue weighted by Crippen LogP contribution is -2.00. The summed E-state index contributed by atoms with van der Waals surface area (Å²) in [4.78, 5) is 0. The average molecular weight is 497 g/mol. The minimum absolute atomic E-state index is 0.230. The van der Waals surface area contributed by atoms with E-state index in [0.29, 0.717) is 15.5 Å². The SMILES string of the molecule is Cc1ccc(NCc2cc(Br)c(O)c(Br)c2)cc1I. The van der Waals surface area contributed by atoms with Crippen LogP contribution in [0.5, 0.6) is 5.75 Å². The molecule has 2 N–H and O–H groups in total. The monoisotopic (exact) mass is 495 g/mol. The zero-order valence-electron chi connectivity index (χ0n) is 10.2. The highest BCUT2D eigenvalue weighted by molar-refractivity contribution is 14.1. The maximum atomic E-state index is 9.67. The second-order valence-electron chi connectivity index (χ2n) is 4.23. The van der Waals surface area contributed by atoms with Crippen molar-refractivity contribution in [3.05, 3.63) is 54.0 Å². The van der Waals surface area contributed by atoms with Crippen LogP contribution >= 0.6 is 54.5 Å². The van der Waals surface area contributed by atoms with Crippen molar-refractivity contribution < 1.29 is 5.11 Å². The van der Waals surface area contributed by atoms with Gasteiger partial charge < -0.3 is 10.4 Å². The molecule has 0 amide bonds. The summed E-state index contributed by atoms with van der Waals surface area (Å²) in [5.74, 6) is 0.230. The predicted octanol–water partition coefficient (Wildman–Crippen LogP) is 5.44. The van der Waals surface area contributed by atoms with Crippen molar-refractivity contribution in [2.24, 2.45) is 0 Å². The molecule has 0 aliphatic carbocycles. The Kier molecular flexibility index (Phi) is 5.14. The Morgan fingerprint density at radius 2 is 1.79 bits per heavy atom.